The van der Waals surface area contributed by atoms with Crippen LogP contribution in [-0.4, -0.2) is 47.0 Å². The van der Waals surface area contributed by atoms with Crippen molar-refractivity contribution in [3.8, 4) is 0 Å². The fourth-order valence-electron chi connectivity index (χ4n) is 3.24. The van der Waals surface area contributed by atoms with Crippen molar-refractivity contribution >= 4 is 0 Å². The van der Waals surface area contributed by atoms with Crippen LogP contribution in [0.3, 0.4) is 0 Å². The van der Waals surface area contributed by atoms with Crippen molar-refractivity contribution in [2.75, 3.05) is 20.3 Å². The van der Waals surface area contributed by atoms with Crippen LogP contribution in [-0.2, 0) is 17.8 Å². The van der Waals surface area contributed by atoms with Crippen molar-refractivity contribution in [3.05, 3.63) is 59.4 Å². The van der Waals surface area contributed by atoms with Crippen molar-refractivity contribution in [3.63, 3.8) is 0 Å². The second kappa shape index (κ2) is 9.91. The van der Waals surface area contributed by atoms with E-state index in [1.165, 1.54) is 16.8 Å². The first-order valence-corrected chi connectivity index (χ1v) is 9.52. The van der Waals surface area contributed by atoms with E-state index in [1.54, 1.807) is 7.11 Å². The van der Waals surface area contributed by atoms with Crippen LogP contribution in [0, 0.1) is 12.8 Å². The van der Waals surface area contributed by atoms with Crippen molar-refractivity contribution in [1.82, 2.24) is 9.47 Å². The highest BCUT2D eigenvalue weighted by atomic mass is 16.5. The Morgan fingerprint density at radius 1 is 1.12 bits per heavy atom. The number of aromatic nitrogens is 1. The minimum Gasteiger partial charge on any atom is -0.389 e. The number of aryl methyl sites for hydroxylation is 1. The fourth-order valence-corrected chi connectivity index (χ4v) is 3.24. The molecule has 2 unspecified atom stereocenters. The molecule has 0 aliphatic carbocycles. The maximum atomic E-state index is 10.2. The fraction of sp³-hybridized carbons (Fsp3) is 0.545. The molecule has 0 aliphatic rings. The lowest BCUT2D eigenvalue weighted by Crippen LogP contribution is -2.42. The van der Waals surface area contributed by atoms with Gasteiger partial charge in [-0.2, -0.15) is 0 Å². The molecule has 2 aromatic rings. The molecule has 1 aromatic heterocycles. The standard InChI is InChI=1S/C22H34N2O2/c1-17(2)19(4)24(15-22(25)16-26-5)14-21-11-8-12-23(21)13-20-10-7-6-9-18(20)3/h6-12,17,19,22,25H,13-16H2,1-5H3. The predicted molar refractivity (Wildman–Crippen MR) is 107 cm³/mol. The SMILES string of the molecule is COCC(O)CN(Cc1cccn1Cc1ccccc1C)C(C)C(C)C. The molecule has 0 spiro atoms. The van der Waals surface area contributed by atoms with Crippen molar-refractivity contribution < 1.29 is 9.84 Å². The number of nitrogens with zero attached hydrogens (tertiary/aromatic N) is 2. The number of hydrogen-bond acceptors (Lipinski definition) is 3. The Morgan fingerprint density at radius 3 is 2.50 bits per heavy atom. The van der Waals surface area contributed by atoms with E-state index in [4.69, 9.17) is 4.74 Å². The smallest absolute Gasteiger partial charge is 0.0900 e. The third-order valence-electron chi connectivity index (χ3n) is 5.24. The molecule has 0 fully saturated rings. The van der Waals surface area contributed by atoms with Crippen LogP contribution in [0.4, 0.5) is 0 Å². The first kappa shape index (κ1) is 20.7. The Morgan fingerprint density at radius 2 is 1.85 bits per heavy atom. The van der Waals surface area contributed by atoms with Crippen molar-refractivity contribution in [2.45, 2.75) is 52.9 Å². The Bertz CT molecular complexity index is 666. The van der Waals surface area contributed by atoms with Gasteiger partial charge < -0.3 is 14.4 Å². The maximum Gasteiger partial charge on any atom is 0.0900 e. The summed E-state index contributed by atoms with van der Waals surface area (Å²) in [7, 11) is 1.63. The first-order chi connectivity index (χ1) is 12.4. The Balaban J connectivity index is 2.15. The van der Waals surface area contributed by atoms with Gasteiger partial charge in [0.25, 0.3) is 0 Å². The molecule has 4 nitrogen and oxygen atoms in total. The molecular weight excluding hydrogens is 324 g/mol. The predicted octanol–water partition coefficient (Wildman–Crippen LogP) is 3.70. The molecule has 2 atom stereocenters. The molecule has 0 saturated heterocycles. The third-order valence-corrected chi connectivity index (χ3v) is 5.24. The second-order valence-electron chi connectivity index (χ2n) is 7.58. The van der Waals surface area contributed by atoms with E-state index < -0.39 is 6.10 Å². The Hall–Kier alpha value is -1.62. The van der Waals surface area contributed by atoms with Crippen LogP contribution in [0.5, 0.6) is 0 Å². The molecule has 0 bridgehead atoms. The number of ether oxygens (including phenoxy) is 1. The highest BCUT2D eigenvalue weighted by Gasteiger charge is 2.21. The summed E-state index contributed by atoms with van der Waals surface area (Å²) >= 11 is 0. The van der Waals surface area contributed by atoms with Gasteiger partial charge in [-0.15, -0.1) is 0 Å². The number of hydrogen-bond donors (Lipinski definition) is 1. The molecule has 144 valence electrons. The van der Waals surface area contributed by atoms with Crippen molar-refractivity contribution in [1.29, 1.82) is 0 Å². The summed E-state index contributed by atoms with van der Waals surface area (Å²) in [5.41, 5.74) is 3.92. The molecular formula is C22H34N2O2. The van der Waals surface area contributed by atoms with Gasteiger partial charge in [0.2, 0.25) is 0 Å². The van der Waals surface area contributed by atoms with E-state index in [0.29, 0.717) is 25.1 Å². The van der Waals surface area contributed by atoms with E-state index >= 15 is 0 Å². The summed E-state index contributed by atoms with van der Waals surface area (Å²) in [6.07, 6.45) is 1.67. The van der Waals surface area contributed by atoms with Crippen LogP contribution in [0.25, 0.3) is 0 Å². The summed E-state index contributed by atoms with van der Waals surface area (Å²) in [5, 5.41) is 10.2. The molecule has 2 rings (SSSR count). The zero-order chi connectivity index (χ0) is 19.1. The molecule has 0 saturated carbocycles. The van der Waals surface area contributed by atoms with Crippen LogP contribution in [0.2, 0.25) is 0 Å². The van der Waals surface area contributed by atoms with E-state index in [-0.39, 0.29) is 0 Å². The average Bonchev–Trinajstić information content (AvgIpc) is 3.02. The normalized spacial score (nSPS) is 14.2. The van der Waals surface area contributed by atoms with Gasteiger partial charge in [-0.3, -0.25) is 4.90 Å². The van der Waals surface area contributed by atoms with Crippen LogP contribution >= 0.6 is 0 Å². The third kappa shape index (κ3) is 5.70. The number of aliphatic hydroxyl groups excluding tert-OH is 1. The van der Waals surface area contributed by atoms with Gasteiger partial charge in [0.05, 0.1) is 12.7 Å². The van der Waals surface area contributed by atoms with Gasteiger partial charge in [-0.05, 0) is 43.0 Å². The van der Waals surface area contributed by atoms with Gasteiger partial charge in [-0.1, -0.05) is 38.1 Å². The van der Waals surface area contributed by atoms with Gasteiger partial charge in [0.15, 0.2) is 0 Å². The summed E-state index contributed by atoms with van der Waals surface area (Å²) < 4.78 is 7.42. The van der Waals surface area contributed by atoms with Gasteiger partial charge >= 0.3 is 0 Å². The monoisotopic (exact) mass is 358 g/mol. The van der Waals surface area contributed by atoms with E-state index in [9.17, 15) is 5.11 Å². The van der Waals surface area contributed by atoms with E-state index in [2.05, 4.69) is 79.8 Å². The van der Waals surface area contributed by atoms with Crippen molar-refractivity contribution in [2.24, 2.45) is 5.92 Å². The summed E-state index contributed by atoms with van der Waals surface area (Å²) in [6.45, 7) is 11.5. The van der Waals surface area contributed by atoms with Gasteiger partial charge in [-0.25, -0.2) is 0 Å². The molecule has 1 heterocycles. The lowest BCUT2D eigenvalue weighted by Gasteiger charge is -2.33. The van der Waals surface area contributed by atoms with Gasteiger partial charge in [0, 0.05) is 44.7 Å². The Kier molecular flexibility index (Phi) is 7.88. The second-order valence-corrected chi connectivity index (χ2v) is 7.58. The van der Waals surface area contributed by atoms with Crippen LogP contribution in [0.1, 0.15) is 37.6 Å². The Labute approximate surface area is 158 Å². The lowest BCUT2D eigenvalue weighted by atomic mass is 10.0. The van der Waals surface area contributed by atoms with E-state index in [0.717, 1.165) is 13.1 Å². The maximum absolute atomic E-state index is 10.2. The number of rotatable bonds is 10. The van der Waals surface area contributed by atoms with Gasteiger partial charge in [0.1, 0.15) is 0 Å². The highest BCUT2D eigenvalue weighted by molar-refractivity contribution is 5.26. The molecule has 0 radical (unpaired) electrons. The van der Waals surface area contributed by atoms with Crippen LogP contribution in [0.15, 0.2) is 42.6 Å². The molecule has 0 aliphatic heterocycles. The highest BCUT2D eigenvalue weighted by Crippen LogP contribution is 2.18. The molecule has 0 amide bonds. The number of aliphatic hydroxyl groups is 1. The largest absolute Gasteiger partial charge is 0.389 e. The quantitative estimate of drug-likeness (QED) is 0.704. The van der Waals surface area contributed by atoms with E-state index in [1.807, 2.05) is 0 Å². The first-order valence-electron chi connectivity index (χ1n) is 9.52. The minimum atomic E-state index is -0.471. The minimum absolute atomic E-state index is 0.367. The summed E-state index contributed by atoms with van der Waals surface area (Å²) in [4.78, 5) is 2.36. The molecule has 1 N–H and O–H groups in total. The molecule has 1 aromatic carbocycles. The summed E-state index contributed by atoms with van der Waals surface area (Å²) in [6, 6.07) is 13.2. The average molecular weight is 359 g/mol. The number of methoxy groups -OCH3 is 1. The zero-order valence-corrected chi connectivity index (χ0v) is 16.9. The lowest BCUT2D eigenvalue weighted by molar-refractivity contribution is 0.0191. The molecule has 26 heavy (non-hydrogen) atoms. The zero-order valence-electron chi connectivity index (χ0n) is 16.9. The number of benzene rings is 1. The molecule has 4 heteroatoms. The summed E-state index contributed by atoms with van der Waals surface area (Å²) in [5.74, 6) is 0.518. The topological polar surface area (TPSA) is 37.6 Å². The van der Waals surface area contributed by atoms with Crippen LogP contribution < -0.4 is 0 Å².